The monoisotopic (exact) mass is 242 g/mol. The summed E-state index contributed by atoms with van der Waals surface area (Å²) in [4.78, 5) is 13.6. The van der Waals surface area contributed by atoms with Crippen molar-refractivity contribution in [1.29, 1.82) is 0 Å². The summed E-state index contributed by atoms with van der Waals surface area (Å²) in [6.45, 7) is 4.29. The minimum atomic E-state index is 0.0316. The number of hydrogen-bond acceptors (Lipinski definition) is 3. The summed E-state index contributed by atoms with van der Waals surface area (Å²) in [5.41, 5.74) is 0. The van der Waals surface area contributed by atoms with Gasteiger partial charge in [0.15, 0.2) is 0 Å². The Balaban J connectivity index is 1.58. The van der Waals surface area contributed by atoms with Crippen molar-refractivity contribution in [1.82, 2.24) is 10.2 Å². The van der Waals surface area contributed by atoms with Gasteiger partial charge in [-0.3, -0.25) is 0 Å². The first-order chi connectivity index (χ1) is 8.36. The Bertz CT molecular complexity index is 236. The largest absolute Gasteiger partial charge is 0.378 e. The number of nitrogens with one attached hydrogen (secondary N) is 1. The molecule has 0 aromatic heterocycles. The molecule has 5 heteroatoms. The average molecular weight is 242 g/mol. The zero-order valence-corrected chi connectivity index (χ0v) is 10.3. The van der Waals surface area contributed by atoms with E-state index in [4.69, 9.17) is 9.47 Å². The topological polar surface area (TPSA) is 50.8 Å². The third-order valence-corrected chi connectivity index (χ3v) is 3.31. The van der Waals surface area contributed by atoms with E-state index in [1.54, 1.807) is 0 Å². The molecule has 2 aliphatic rings. The van der Waals surface area contributed by atoms with Crippen LogP contribution in [0, 0.1) is 0 Å². The van der Waals surface area contributed by atoms with Crippen molar-refractivity contribution in [3.05, 3.63) is 0 Å². The van der Waals surface area contributed by atoms with Gasteiger partial charge in [0.25, 0.3) is 0 Å². The summed E-state index contributed by atoms with van der Waals surface area (Å²) in [6, 6.07) is 0.0316. The molecular weight excluding hydrogens is 220 g/mol. The van der Waals surface area contributed by atoms with Gasteiger partial charge in [0.1, 0.15) is 0 Å². The van der Waals surface area contributed by atoms with E-state index in [1.165, 1.54) is 12.8 Å². The van der Waals surface area contributed by atoms with Gasteiger partial charge in [0.05, 0.1) is 19.3 Å². The SMILES string of the molecule is O=C(NCCC1CCCCO1)N1CCOCC1. The van der Waals surface area contributed by atoms with Crippen LogP contribution in [0.4, 0.5) is 4.79 Å². The van der Waals surface area contributed by atoms with Crippen LogP contribution >= 0.6 is 0 Å². The lowest BCUT2D eigenvalue weighted by Gasteiger charge is -2.27. The smallest absolute Gasteiger partial charge is 0.317 e. The predicted octanol–water partition coefficient (Wildman–Crippen LogP) is 0.987. The highest BCUT2D eigenvalue weighted by Gasteiger charge is 2.17. The molecule has 0 spiro atoms. The minimum Gasteiger partial charge on any atom is -0.378 e. The van der Waals surface area contributed by atoms with Crippen molar-refractivity contribution in [2.75, 3.05) is 39.5 Å². The maximum Gasteiger partial charge on any atom is 0.317 e. The van der Waals surface area contributed by atoms with E-state index in [2.05, 4.69) is 5.32 Å². The van der Waals surface area contributed by atoms with Crippen molar-refractivity contribution in [3.63, 3.8) is 0 Å². The van der Waals surface area contributed by atoms with Gasteiger partial charge in [-0.25, -0.2) is 4.79 Å². The highest BCUT2D eigenvalue weighted by molar-refractivity contribution is 5.74. The number of rotatable bonds is 3. The molecule has 98 valence electrons. The van der Waals surface area contributed by atoms with Crippen LogP contribution in [0.5, 0.6) is 0 Å². The van der Waals surface area contributed by atoms with E-state index in [-0.39, 0.29) is 6.03 Å². The second-order valence-electron chi connectivity index (χ2n) is 4.61. The van der Waals surface area contributed by atoms with Crippen LogP contribution in [0.2, 0.25) is 0 Å². The first-order valence-corrected chi connectivity index (χ1v) is 6.58. The van der Waals surface area contributed by atoms with Crippen molar-refractivity contribution in [2.45, 2.75) is 31.8 Å². The predicted molar refractivity (Wildman–Crippen MR) is 64.0 cm³/mol. The maximum atomic E-state index is 11.8. The Kier molecular flexibility index (Phi) is 5.07. The third kappa shape index (κ3) is 4.16. The van der Waals surface area contributed by atoms with Gasteiger partial charge in [-0.2, -0.15) is 0 Å². The number of carbonyl (C=O) groups excluding carboxylic acids is 1. The number of morpholine rings is 1. The summed E-state index contributed by atoms with van der Waals surface area (Å²) in [6.07, 6.45) is 4.83. The summed E-state index contributed by atoms with van der Waals surface area (Å²) in [5, 5.41) is 2.95. The van der Waals surface area contributed by atoms with Crippen molar-refractivity contribution in [2.24, 2.45) is 0 Å². The van der Waals surface area contributed by atoms with E-state index < -0.39 is 0 Å². The number of amides is 2. The molecule has 0 saturated carbocycles. The lowest BCUT2D eigenvalue weighted by atomic mass is 10.1. The molecule has 1 atom stereocenters. The number of hydrogen-bond donors (Lipinski definition) is 1. The number of carbonyl (C=O) groups is 1. The van der Waals surface area contributed by atoms with Gasteiger partial charge >= 0.3 is 6.03 Å². The molecule has 0 aromatic carbocycles. The Morgan fingerprint density at radius 3 is 2.76 bits per heavy atom. The average Bonchev–Trinajstić information content (AvgIpc) is 2.41. The Labute approximate surface area is 102 Å². The minimum absolute atomic E-state index is 0.0316. The fourth-order valence-corrected chi connectivity index (χ4v) is 2.25. The van der Waals surface area contributed by atoms with Crippen LogP contribution in [-0.2, 0) is 9.47 Å². The molecule has 2 saturated heterocycles. The molecule has 2 amide bonds. The molecule has 0 aliphatic carbocycles. The van der Waals surface area contributed by atoms with Crippen LogP contribution in [0.25, 0.3) is 0 Å². The van der Waals surface area contributed by atoms with Crippen LogP contribution < -0.4 is 5.32 Å². The standard InChI is InChI=1S/C12H22N2O3/c15-12(14-6-9-16-10-7-14)13-5-4-11-3-1-2-8-17-11/h11H,1-10H2,(H,13,15). The molecule has 1 N–H and O–H groups in total. The van der Waals surface area contributed by atoms with E-state index in [0.29, 0.717) is 39.0 Å². The fraction of sp³-hybridized carbons (Fsp3) is 0.917. The lowest BCUT2D eigenvalue weighted by Crippen LogP contribution is -2.46. The lowest BCUT2D eigenvalue weighted by molar-refractivity contribution is 0.0114. The summed E-state index contributed by atoms with van der Waals surface area (Å²) < 4.78 is 10.8. The first-order valence-electron chi connectivity index (χ1n) is 6.58. The molecule has 2 rings (SSSR count). The fourth-order valence-electron chi connectivity index (χ4n) is 2.25. The van der Waals surface area contributed by atoms with Crippen LogP contribution in [-0.4, -0.2) is 56.5 Å². The van der Waals surface area contributed by atoms with E-state index in [0.717, 1.165) is 19.4 Å². The zero-order valence-electron chi connectivity index (χ0n) is 10.3. The molecule has 0 radical (unpaired) electrons. The van der Waals surface area contributed by atoms with Crippen molar-refractivity contribution in [3.8, 4) is 0 Å². The molecule has 0 bridgehead atoms. The number of ether oxygens (including phenoxy) is 2. The molecule has 1 unspecified atom stereocenters. The molecule has 5 nitrogen and oxygen atoms in total. The van der Waals surface area contributed by atoms with Gasteiger partial charge in [0, 0.05) is 26.2 Å². The van der Waals surface area contributed by atoms with Gasteiger partial charge < -0.3 is 19.7 Å². The maximum absolute atomic E-state index is 11.8. The second kappa shape index (κ2) is 6.81. The summed E-state index contributed by atoms with van der Waals surface area (Å²) in [5.74, 6) is 0. The number of nitrogens with zero attached hydrogens (tertiary/aromatic N) is 1. The third-order valence-electron chi connectivity index (χ3n) is 3.31. The van der Waals surface area contributed by atoms with Gasteiger partial charge in [0.2, 0.25) is 0 Å². The Morgan fingerprint density at radius 1 is 1.24 bits per heavy atom. The van der Waals surface area contributed by atoms with Crippen molar-refractivity contribution < 1.29 is 14.3 Å². The molecule has 2 fully saturated rings. The van der Waals surface area contributed by atoms with Crippen molar-refractivity contribution >= 4 is 6.03 Å². The zero-order chi connectivity index (χ0) is 11.9. The Hall–Kier alpha value is -0.810. The molecular formula is C12H22N2O3. The van der Waals surface area contributed by atoms with Gasteiger partial charge in [-0.15, -0.1) is 0 Å². The van der Waals surface area contributed by atoms with Gasteiger partial charge in [-0.1, -0.05) is 0 Å². The van der Waals surface area contributed by atoms with E-state index in [1.807, 2.05) is 4.90 Å². The molecule has 0 aromatic rings. The quantitative estimate of drug-likeness (QED) is 0.803. The molecule has 2 aliphatic heterocycles. The number of urea groups is 1. The van der Waals surface area contributed by atoms with Gasteiger partial charge in [-0.05, 0) is 25.7 Å². The highest BCUT2D eigenvalue weighted by atomic mass is 16.5. The van der Waals surface area contributed by atoms with E-state index in [9.17, 15) is 4.79 Å². The first kappa shape index (κ1) is 12.6. The van der Waals surface area contributed by atoms with Crippen LogP contribution in [0.15, 0.2) is 0 Å². The normalized spacial score (nSPS) is 25.6. The van der Waals surface area contributed by atoms with Crippen LogP contribution in [0.1, 0.15) is 25.7 Å². The molecule has 2 heterocycles. The summed E-state index contributed by atoms with van der Waals surface area (Å²) >= 11 is 0. The van der Waals surface area contributed by atoms with Crippen LogP contribution in [0.3, 0.4) is 0 Å². The second-order valence-corrected chi connectivity index (χ2v) is 4.61. The Morgan fingerprint density at radius 2 is 2.06 bits per heavy atom. The molecule has 17 heavy (non-hydrogen) atoms. The van der Waals surface area contributed by atoms with E-state index >= 15 is 0 Å². The highest BCUT2D eigenvalue weighted by Crippen LogP contribution is 2.14. The summed E-state index contributed by atoms with van der Waals surface area (Å²) in [7, 11) is 0.